The van der Waals surface area contributed by atoms with Crippen LogP contribution in [0.15, 0.2) is 116 Å². The largest absolute Gasteiger partial charge is 0.457 e. The van der Waals surface area contributed by atoms with E-state index < -0.39 is 0 Å². The molecule has 1 aliphatic rings. The monoisotopic (exact) mass is 686 g/mol. The summed E-state index contributed by atoms with van der Waals surface area (Å²) >= 11 is 0. The van der Waals surface area contributed by atoms with Crippen molar-refractivity contribution in [3.05, 3.63) is 132 Å². The van der Waals surface area contributed by atoms with Gasteiger partial charge in [-0.1, -0.05) is 79.7 Å². The van der Waals surface area contributed by atoms with Crippen LogP contribution >= 0.6 is 0 Å². The lowest BCUT2D eigenvalue weighted by atomic mass is 9.85. The number of nitrogens with zero attached hydrogens (tertiary/aromatic N) is 6. The molecule has 0 fully saturated rings. The number of anilines is 4. The topological polar surface area (TPSA) is 59.3 Å². The van der Waals surface area contributed by atoms with Crippen LogP contribution in [0.2, 0.25) is 0 Å². The fourth-order valence-corrected chi connectivity index (χ4v) is 7.19. The molecule has 8 rings (SSSR count). The first-order chi connectivity index (χ1) is 24.9. The predicted octanol–water partition coefficient (Wildman–Crippen LogP) is 11.7. The zero-order valence-electron chi connectivity index (χ0n) is 31.3. The Labute approximate surface area is 306 Å². The van der Waals surface area contributed by atoms with E-state index in [1.165, 1.54) is 22.1 Å². The van der Waals surface area contributed by atoms with Gasteiger partial charge >= 0.3 is 0 Å². The summed E-state index contributed by atoms with van der Waals surface area (Å²) in [6.07, 6.45) is 7.74. The summed E-state index contributed by atoms with van der Waals surface area (Å²) in [6, 6.07) is 31.9. The molecule has 7 nitrogen and oxygen atoms in total. The molecule has 0 radical (unpaired) electrons. The smallest absolute Gasteiger partial charge is 0.138 e. The first kappa shape index (κ1) is 33.5. The van der Waals surface area contributed by atoms with Crippen LogP contribution < -0.4 is 14.5 Å². The van der Waals surface area contributed by atoms with Gasteiger partial charge in [-0.2, -0.15) is 0 Å². The number of para-hydroxylation sites is 1. The van der Waals surface area contributed by atoms with Gasteiger partial charge in [-0.3, -0.25) is 9.55 Å². The molecule has 0 unspecified atom stereocenters. The van der Waals surface area contributed by atoms with Gasteiger partial charge < -0.3 is 14.5 Å². The van der Waals surface area contributed by atoms with Crippen molar-refractivity contribution in [3.63, 3.8) is 0 Å². The standard InChI is InChI=1S/C45H46N6O/c1-29(2)30-22-37(45(6,7)8)43(48-26-30)50-28-49(39-19-20-46-27-41(39)50)32-12-11-13-33(24-32)52-34-16-17-36-35-14-9-10-15-38(35)51(40(36)25-34)42-23-31(18-21-47-42)44(3,4)5/h9-27,29H,28H2,1-8H3. The van der Waals surface area contributed by atoms with Gasteiger partial charge in [-0.15, -0.1) is 0 Å². The number of ether oxygens (including phenoxy) is 1. The second-order valence-electron chi connectivity index (χ2n) is 16.2. The molecule has 0 saturated carbocycles. The van der Waals surface area contributed by atoms with Gasteiger partial charge in [-0.25, -0.2) is 9.97 Å². The molecule has 7 heteroatoms. The van der Waals surface area contributed by atoms with Crippen LogP contribution in [0.3, 0.4) is 0 Å². The summed E-state index contributed by atoms with van der Waals surface area (Å²) in [5.41, 5.74) is 8.93. The normalized spacial score (nSPS) is 13.4. The highest BCUT2D eigenvalue weighted by Gasteiger charge is 2.33. The third-order valence-corrected chi connectivity index (χ3v) is 10.1. The molecular weight excluding hydrogens is 641 g/mol. The number of aromatic nitrogens is 4. The van der Waals surface area contributed by atoms with Crippen LogP contribution in [0, 0.1) is 0 Å². The molecule has 0 atom stereocenters. The Bertz CT molecular complexity index is 2450. The predicted molar refractivity (Wildman–Crippen MR) is 214 cm³/mol. The molecule has 0 bridgehead atoms. The molecule has 0 spiro atoms. The van der Waals surface area contributed by atoms with E-state index in [9.17, 15) is 0 Å². The van der Waals surface area contributed by atoms with E-state index in [4.69, 9.17) is 14.7 Å². The molecule has 262 valence electrons. The summed E-state index contributed by atoms with van der Waals surface area (Å²) in [5.74, 6) is 3.78. The molecular formula is C45H46N6O. The Morgan fingerprint density at radius 2 is 1.44 bits per heavy atom. The van der Waals surface area contributed by atoms with Crippen molar-refractivity contribution in [3.8, 4) is 17.3 Å². The van der Waals surface area contributed by atoms with Gasteiger partial charge in [0.2, 0.25) is 0 Å². The van der Waals surface area contributed by atoms with Crippen LogP contribution in [-0.2, 0) is 10.8 Å². The minimum Gasteiger partial charge on any atom is -0.457 e. The average molecular weight is 687 g/mol. The van der Waals surface area contributed by atoms with E-state index >= 15 is 0 Å². The van der Waals surface area contributed by atoms with Crippen molar-refractivity contribution in [2.24, 2.45) is 0 Å². The van der Waals surface area contributed by atoms with E-state index in [1.807, 2.05) is 30.9 Å². The maximum absolute atomic E-state index is 6.65. The zero-order valence-corrected chi connectivity index (χ0v) is 31.3. The molecule has 3 aromatic carbocycles. The van der Waals surface area contributed by atoms with E-state index in [0.29, 0.717) is 12.6 Å². The first-order valence-corrected chi connectivity index (χ1v) is 18.1. The Morgan fingerprint density at radius 1 is 0.654 bits per heavy atom. The van der Waals surface area contributed by atoms with Crippen LogP contribution in [0.1, 0.15) is 78.0 Å². The summed E-state index contributed by atoms with van der Waals surface area (Å²) in [7, 11) is 0. The summed E-state index contributed by atoms with van der Waals surface area (Å²) in [5, 5.41) is 2.34. The van der Waals surface area contributed by atoms with Crippen molar-refractivity contribution in [2.45, 2.75) is 72.1 Å². The lowest BCUT2D eigenvalue weighted by molar-refractivity contribution is 0.483. The number of rotatable bonds is 6. The molecule has 0 saturated heterocycles. The molecule has 0 amide bonds. The van der Waals surface area contributed by atoms with Crippen molar-refractivity contribution in [1.29, 1.82) is 0 Å². The van der Waals surface area contributed by atoms with Crippen LogP contribution in [0.5, 0.6) is 11.5 Å². The van der Waals surface area contributed by atoms with E-state index in [1.54, 1.807) is 0 Å². The molecule has 5 heterocycles. The average Bonchev–Trinajstić information content (AvgIpc) is 3.67. The Hall–Kier alpha value is -5.69. The first-order valence-electron chi connectivity index (χ1n) is 18.1. The number of hydrogen-bond donors (Lipinski definition) is 0. The number of hydrogen-bond acceptors (Lipinski definition) is 6. The Balaban J connectivity index is 1.15. The SMILES string of the molecule is CC(C)c1cnc(N2CN(c3cccc(Oc4ccc5c6ccccc6n(-c6cc(C(C)(C)C)ccn6)c5c4)c3)c3ccncc32)c(C(C)(C)C)c1. The number of benzene rings is 3. The Kier molecular flexibility index (Phi) is 8.05. The third-order valence-electron chi connectivity index (χ3n) is 10.1. The van der Waals surface area contributed by atoms with Gasteiger partial charge in [-0.05, 0) is 82.5 Å². The van der Waals surface area contributed by atoms with Crippen molar-refractivity contribution in [1.82, 2.24) is 19.5 Å². The van der Waals surface area contributed by atoms with Gasteiger partial charge in [0.15, 0.2) is 0 Å². The summed E-state index contributed by atoms with van der Waals surface area (Å²) in [4.78, 5) is 19.0. The molecule has 0 N–H and O–H groups in total. The zero-order chi connectivity index (χ0) is 36.4. The van der Waals surface area contributed by atoms with Crippen molar-refractivity contribution in [2.75, 3.05) is 16.5 Å². The highest BCUT2D eigenvalue weighted by Crippen LogP contribution is 2.46. The molecule has 1 aliphatic heterocycles. The summed E-state index contributed by atoms with van der Waals surface area (Å²) < 4.78 is 8.90. The van der Waals surface area contributed by atoms with Crippen molar-refractivity contribution >= 4 is 44.7 Å². The second kappa shape index (κ2) is 12.5. The molecule has 7 aromatic rings. The van der Waals surface area contributed by atoms with E-state index in [2.05, 4.69) is 160 Å². The summed E-state index contributed by atoms with van der Waals surface area (Å²) in [6.45, 7) is 18.5. The minimum atomic E-state index is -0.0882. The highest BCUT2D eigenvalue weighted by molar-refractivity contribution is 6.09. The minimum absolute atomic E-state index is 0.00289. The van der Waals surface area contributed by atoms with Crippen LogP contribution in [0.25, 0.3) is 27.6 Å². The van der Waals surface area contributed by atoms with Gasteiger partial charge in [0.1, 0.15) is 29.8 Å². The number of fused-ring (bicyclic) bond motifs is 4. The lowest BCUT2D eigenvalue weighted by Gasteiger charge is -2.29. The molecule has 0 aliphatic carbocycles. The molecule has 4 aromatic heterocycles. The van der Waals surface area contributed by atoms with Crippen LogP contribution in [0.4, 0.5) is 22.9 Å². The quantitative estimate of drug-likeness (QED) is 0.174. The van der Waals surface area contributed by atoms with Gasteiger partial charge in [0.25, 0.3) is 0 Å². The van der Waals surface area contributed by atoms with Gasteiger partial charge in [0.05, 0.1) is 28.6 Å². The van der Waals surface area contributed by atoms with Gasteiger partial charge in [0, 0.05) is 52.7 Å². The second-order valence-corrected chi connectivity index (χ2v) is 16.2. The maximum Gasteiger partial charge on any atom is 0.138 e. The Morgan fingerprint density at radius 3 is 2.23 bits per heavy atom. The molecule has 52 heavy (non-hydrogen) atoms. The van der Waals surface area contributed by atoms with E-state index in [-0.39, 0.29) is 10.8 Å². The lowest BCUT2D eigenvalue weighted by Crippen LogP contribution is -2.27. The third kappa shape index (κ3) is 5.94. The highest BCUT2D eigenvalue weighted by atomic mass is 16.5. The maximum atomic E-state index is 6.65. The fourth-order valence-electron chi connectivity index (χ4n) is 7.19. The fraction of sp³-hybridized carbons (Fsp3) is 0.267. The van der Waals surface area contributed by atoms with Crippen molar-refractivity contribution < 1.29 is 4.74 Å². The number of pyridine rings is 3. The van der Waals surface area contributed by atoms with E-state index in [0.717, 1.165) is 56.6 Å². The van der Waals surface area contributed by atoms with Crippen LogP contribution in [-0.4, -0.2) is 26.2 Å².